The van der Waals surface area contributed by atoms with E-state index in [1.165, 1.54) is 12.1 Å². The van der Waals surface area contributed by atoms with Gasteiger partial charge in [-0.15, -0.1) is 0 Å². The summed E-state index contributed by atoms with van der Waals surface area (Å²) in [5.74, 6) is 0.0505. The molecule has 0 amide bonds. The van der Waals surface area contributed by atoms with Gasteiger partial charge >= 0.3 is 0 Å². The van der Waals surface area contributed by atoms with Crippen molar-refractivity contribution in [2.45, 2.75) is 19.9 Å². The van der Waals surface area contributed by atoms with E-state index in [-0.39, 0.29) is 5.02 Å². The van der Waals surface area contributed by atoms with E-state index in [0.717, 1.165) is 12.0 Å². The summed E-state index contributed by atoms with van der Waals surface area (Å²) in [5.41, 5.74) is 1.60. The SMILES string of the molecule is CCCOc1c(Cl)cc(CNc2ccc(F)c(Cl)c2)cc1Cl. The van der Waals surface area contributed by atoms with Crippen molar-refractivity contribution in [1.82, 2.24) is 0 Å². The van der Waals surface area contributed by atoms with Gasteiger partial charge in [0.2, 0.25) is 0 Å². The van der Waals surface area contributed by atoms with E-state index in [0.29, 0.717) is 34.6 Å². The van der Waals surface area contributed by atoms with Crippen molar-refractivity contribution in [2.75, 3.05) is 11.9 Å². The van der Waals surface area contributed by atoms with Crippen molar-refractivity contribution >= 4 is 40.5 Å². The molecule has 2 aromatic rings. The van der Waals surface area contributed by atoms with Crippen LogP contribution in [0.15, 0.2) is 30.3 Å². The number of hydrogen-bond acceptors (Lipinski definition) is 2. The van der Waals surface area contributed by atoms with Crippen LogP contribution in [0.1, 0.15) is 18.9 Å². The number of benzene rings is 2. The fourth-order valence-corrected chi connectivity index (χ4v) is 2.69. The van der Waals surface area contributed by atoms with Crippen LogP contribution in [0.4, 0.5) is 10.1 Å². The molecule has 2 nitrogen and oxygen atoms in total. The second-order valence-corrected chi connectivity index (χ2v) is 5.94. The van der Waals surface area contributed by atoms with Crippen molar-refractivity contribution in [1.29, 1.82) is 0 Å². The van der Waals surface area contributed by atoms with Gasteiger partial charge < -0.3 is 10.1 Å². The molecule has 0 radical (unpaired) electrons. The van der Waals surface area contributed by atoms with Crippen molar-refractivity contribution < 1.29 is 9.13 Å². The Morgan fingerprint density at radius 3 is 2.32 bits per heavy atom. The highest BCUT2D eigenvalue weighted by Gasteiger charge is 2.10. The highest BCUT2D eigenvalue weighted by atomic mass is 35.5. The lowest BCUT2D eigenvalue weighted by Crippen LogP contribution is -2.01. The molecule has 0 aliphatic carbocycles. The van der Waals surface area contributed by atoms with Gasteiger partial charge in [0, 0.05) is 12.2 Å². The maximum absolute atomic E-state index is 13.1. The second kappa shape index (κ2) is 7.91. The minimum Gasteiger partial charge on any atom is -0.490 e. The lowest BCUT2D eigenvalue weighted by molar-refractivity contribution is 0.318. The molecule has 0 spiro atoms. The maximum atomic E-state index is 13.1. The number of halogens is 4. The highest BCUT2D eigenvalue weighted by molar-refractivity contribution is 6.37. The Balaban J connectivity index is 2.08. The van der Waals surface area contributed by atoms with Gasteiger partial charge in [-0.1, -0.05) is 41.7 Å². The topological polar surface area (TPSA) is 21.3 Å². The molecule has 0 aliphatic heterocycles. The summed E-state index contributed by atoms with van der Waals surface area (Å²) in [6.07, 6.45) is 0.876. The lowest BCUT2D eigenvalue weighted by Gasteiger charge is -2.12. The van der Waals surface area contributed by atoms with Crippen molar-refractivity contribution in [3.8, 4) is 5.75 Å². The van der Waals surface area contributed by atoms with E-state index >= 15 is 0 Å². The van der Waals surface area contributed by atoms with E-state index in [1.807, 2.05) is 6.92 Å². The van der Waals surface area contributed by atoms with Gasteiger partial charge in [-0.3, -0.25) is 0 Å². The van der Waals surface area contributed by atoms with Crippen LogP contribution in [0, 0.1) is 5.82 Å². The van der Waals surface area contributed by atoms with Crippen LogP contribution < -0.4 is 10.1 Å². The summed E-state index contributed by atoms with van der Waals surface area (Å²) in [6.45, 7) is 3.05. The molecule has 0 atom stereocenters. The molecule has 118 valence electrons. The second-order valence-electron chi connectivity index (χ2n) is 4.72. The standard InChI is InChI=1S/C16H15Cl3FNO/c1-2-5-22-16-13(18)6-10(7-14(16)19)9-21-11-3-4-15(20)12(17)8-11/h3-4,6-8,21H,2,5,9H2,1H3. The number of nitrogens with one attached hydrogen (secondary N) is 1. The fourth-order valence-electron chi connectivity index (χ4n) is 1.87. The first-order valence-corrected chi connectivity index (χ1v) is 7.94. The van der Waals surface area contributed by atoms with Gasteiger partial charge in [0.1, 0.15) is 5.82 Å². The molecule has 0 fully saturated rings. The zero-order valence-corrected chi connectivity index (χ0v) is 14.2. The summed E-state index contributed by atoms with van der Waals surface area (Å²) in [5, 5.41) is 4.15. The van der Waals surface area contributed by atoms with E-state index < -0.39 is 5.82 Å². The Morgan fingerprint density at radius 1 is 1.05 bits per heavy atom. The van der Waals surface area contributed by atoms with Gasteiger partial charge in [-0.2, -0.15) is 0 Å². The van der Waals surface area contributed by atoms with E-state index in [4.69, 9.17) is 39.5 Å². The summed E-state index contributed by atoms with van der Waals surface area (Å²) < 4.78 is 18.6. The minimum absolute atomic E-state index is 0.0735. The molecule has 2 rings (SSSR count). The van der Waals surface area contributed by atoms with Crippen LogP contribution in [0.3, 0.4) is 0 Å². The lowest BCUT2D eigenvalue weighted by atomic mass is 10.2. The highest BCUT2D eigenvalue weighted by Crippen LogP contribution is 2.34. The molecule has 0 bridgehead atoms. The maximum Gasteiger partial charge on any atom is 0.156 e. The van der Waals surface area contributed by atoms with Crippen LogP contribution in [0.2, 0.25) is 15.1 Å². The molecule has 22 heavy (non-hydrogen) atoms. The van der Waals surface area contributed by atoms with Crippen LogP contribution >= 0.6 is 34.8 Å². The summed E-state index contributed by atoms with van der Waals surface area (Å²) in [6, 6.07) is 8.03. The summed E-state index contributed by atoms with van der Waals surface area (Å²) in [4.78, 5) is 0. The predicted molar refractivity (Wildman–Crippen MR) is 91.0 cm³/mol. The van der Waals surface area contributed by atoms with E-state index in [9.17, 15) is 4.39 Å². The van der Waals surface area contributed by atoms with Crippen LogP contribution in [0.5, 0.6) is 5.75 Å². The van der Waals surface area contributed by atoms with Gasteiger partial charge in [0.25, 0.3) is 0 Å². The van der Waals surface area contributed by atoms with Gasteiger partial charge in [-0.25, -0.2) is 4.39 Å². The molecule has 0 heterocycles. The normalized spacial score (nSPS) is 10.6. The summed E-state index contributed by atoms with van der Waals surface area (Å²) >= 11 is 18.1. The smallest absolute Gasteiger partial charge is 0.156 e. The first-order valence-electron chi connectivity index (χ1n) is 6.81. The largest absolute Gasteiger partial charge is 0.490 e. The van der Waals surface area contributed by atoms with E-state index in [2.05, 4.69) is 5.32 Å². The van der Waals surface area contributed by atoms with E-state index in [1.54, 1.807) is 18.2 Å². The average molecular weight is 363 g/mol. The number of rotatable bonds is 6. The Morgan fingerprint density at radius 2 is 1.73 bits per heavy atom. The van der Waals surface area contributed by atoms with Gasteiger partial charge in [0.05, 0.1) is 21.7 Å². The zero-order chi connectivity index (χ0) is 16.1. The number of hydrogen-bond donors (Lipinski definition) is 1. The Bertz CT molecular complexity index is 641. The number of ether oxygens (including phenoxy) is 1. The molecule has 0 saturated heterocycles. The first-order chi connectivity index (χ1) is 10.5. The minimum atomic E-state index is -0.448. The van der Waals surface area contributed by atoms with Crippen LogP contribution in [-0.4, -0.2) is 6.61 Å². The Hall–Kier alpha value is -1.16. The molecule has 1 N–H and O–H groups in total. The van der Waals surface area contributed by atoms with Crippen molar-refractivity contribution in [3.05, 3.63) is 56.8 Å². The molecule has 0 saturated carbocycles. The third kappa shape index (κ3) is 4.42. The molecule has 0 aromatic heterocycles. The third-order valence-electron chi connectivity index (χ3n) is 2.92. The quantitative estimate of drug-likeness (QED) is 0.662. The van der Waals surface area contributed by atoms with Crippen LogP contribution in [0.25, 0.3) is 0 Å². The summed E-state index contributed by atoms with van der Waals surface area (Å²) in [7, 11) is 0. The predicted octanol–water partition coefficient (Wildman–Crippen LogP) is 6.19. The molecule has 6 heteroatoms. The molecule has 2 aromatic carbocycles. The van der Waals surface area contributed by atoms with Gasteiger partial charge in [-0.05, 0) is 42.3 Å². The Kier molecular flexibility index (Phi) is 6.18. The average Bonchev–Trinajstić information content (AvgIpc) is 2.48. The zero-order valence-electron chi connectivity index (χ0n) is 11.9. The fraction of sp³-hybridized carbons (Fsp3) is 0.250. The first kappa shape index (κ1) is 17.2. The van der Waals surface area contributed by atoms with Crippen molar-refractivity contribution in [2.24, 2.45) is 0 Å². The monoisotopic (exact) mass is 361 g/mol. The molecule has 0 unspecified atom stereocenters. The van der Waals surface area contributed by atoms with Crippen LogP contribution in [-0.2, 0) is 6.54 Å². The van der Waals surface area contributed by atoms with Gasteiger partial charge in [0.15, 0.2) is 5.75 Å². The molecular weight excluding hydrogens is 348 g/mol. The molecular formula is C16H15Cl3FNO. The Labute approximate surface area is 144 Å². The third-order valence-corrected chi connectivity index (χ3v) is 3.78. The molecule has 0 aliphatic rings. The van der Waals surface area contributed by atoms with Crippen molar-refractivity contribution in [3.63, 3.8) is 0 Å². The number of anilines is 1.